The number of benzene rings is 1. The first-order valence-corrected chi connectivity index (χ1v) is 15.0. The summed E-state index contributed by atoms with van der Waals surface area (Å²) in [7, 11) is -8.38. The molecule has 4 rings (SSSR count). The Morgan fingerprint density at radius 2 is 1.51 bits per heavy atom. The van der Waals surface area contributed by atoms with Gasteiger partial charge in [-0.2, -0.15) is 26.3 Å². The normalized spacial score (nSPS) is 18.7. The predicted molar refractivity (Wildman–Crippen MR) is 126 cm³/mol. The number of nitrogens with zero attached hydrogens (tertiary/aromatic N) is 2. The molecule has 2 heterocycles. The van der Waals surface area contributed by atoms with Crippen molar-refractivity contribution in [2.45, 2.75) is 65.3 Å². The van der Waals surface area contributed by atoms with E-state index in [-0.39, 0.29) is 38.8 Å². The van der Waals surface area contributed by atoms with Gasteiger partial charge in [0.05, 0.1) is 31.4 Å². The molecule has 1 amide bonds. The van der Waals surface area contributed by atoms with Gasteiger partial charge in [0, 0.05) is 19.3 Å². The van der Waals surface area contributed by atoms with E-state index in [1.54, 1.807) is 0 Å². The zero-order valence-electron chi connectivity index (χ0n) is 20.5. The number of piperidine rings is 1. The predicted octanol–water partition coefficient (Wildman–Crippen LogP) is 4.77. The number of sulfone groups is 2. The summed E-state index contributed by atoms with van der Waals surface area (Å²) in [5, 5.41) is -1.98. The van der Waals surface area contributed by atoms with Gasteiger partial charge in [-0.15, -0.1) is 0 Å². The molecule has 2 aliphatic rings. The average Bonchev–Trinajstić information content (AvgIpc) is 3.73. The maximum Gasteiger partial charge on any atom is 0.417 e. The van der Waals surface area contributed by atoms with E-state index in [2.05, 4.69) is 4.98 Å². The number of rotatable bonds is 6. The number of carbonyl (C=O) groups is 1. The highest BCUT2D eigenvalue weighted by molar-refractivity contribution is 7.92. The monoisotopic (exact) mass is 598 g/mol. The van der Waals surface area contributed by atoms with Gasteiger partial charge in [0.1, 0.15) is 5.69 Å². The van der Waals surface area contributed by atoms with E-state index in [9.17, 15) is 48.0 Å². The zero-order valence-corrected chi connectivity index (χ0v) is 22.1. The Kier molecular flexibility index (Phi) is 7.56. The van der Waals surface area contributed by atoms with Crippen LogP contribution in [0.1, 0.15) is 54.2 Å². The minimum atomic E-state index is -4.87. The van der Waals surface area contributed by atoms with Gasteiger partial charge in [0.25, 0.3) is 5.91 Å². The van der Waals surface area contributed by atoms with Crippen molar-refractivity contribution in [3.8, 4) is 0 Å². The van der Waals surface area contributed by atoms with Gasteiger partial charge >= 0.3 is 12.4 Å². The summed E-state index contributed by atoms with van der Waals surface area (Å²) in [6.07, 6.45) is -8.44. The Morgan fingerprint density at radius 3 is 2.05 bits per heavy atom. The van der Waals surface area contributed by atoms with E-state index in [1.165, 1.54) is 11.8 Å². The third kappa shape index (κ3) is 5.93. The SMILES string of the molecule is C[C@@H](C1CCN(C(=O)c2ncc(C(F)(F)F)cc2S(=O)(=O)C2CC2)CC1)S(=O)(=O)c1cccc(C(F)(F)F)c1. The molecular formula is C24H24F6N2O5S2. The Labute approximate surface area is 221 Å². The van der Waals surface area contributed by atoms with E-state index < -0.39 is 81.0 Å². The third-order valence-corrected chi connectivity index (χ3v) is 11.7. The van der Waals surface area contributed by atoms with Gasteiger partial charge in [-0.25, -0.2) is 21.8 Å². The first kappa shape index (κ1) is 29.3. The van der Waals surface area contributed by atoms with E-state index in [4.69, 9.17) is 0 Å². The molecule has 39 heavy (non-hydrogen) atoms. The van der Waals surface area contributed by atoms with Crippen molar-refractivity contribution in [3.63, 3.8) is 0 Å². The minimum absolute atomic E-state index is 0.0441. The van der Waals surface area contributed by atoms with Crippen LogP contribution in [0.2, 0.25) is 0 Å². The molecule has 0 spiro atoms. The Bertz CT molecular complexity index is 1480. The minimum Gasteiger partial charge on any atom is -0.337 e. The van der Waals surface area contributed by atoms with E-state index >= 15 is 0 Å². The van der Waals surface area contributed by atoms with Crippen molar-refractivity contribution in [2.24, 2.45) is 5.92 Å². The molecule has 0 radical (unpaired) electrons. The van der Waals surface area contributed by atoms with Gasteiger partial charge in [-0.05, 0) is 62.8 Å². The van der Waals surface area contributed by atoms with Crippen molar-refractivity contribution < 1.29 is 48.0 Å². The number of amides is 1. The second kappa shape index (κ2) is 10.1. The molecule has 1 atom stereocenters. The van der Waals surface area contributed by atoms with Crippen LogP contribution in [0, 0.1) is 5.92 Å². The van der Waals surface area contributed by atoms with Crippen molar-refractivity contribution in [3.05, 3.63) is 53.3 Å². The number of hydrogen-bond acceptors (Lipinski definition) is 6. The first-order chi connectivity index (χ1) is 17.9. The molecule has 1 saturated carbocycles. The number of likely N-dealkylation sites (tertiary alicyclic amines) is 1. The maximum atomic E-state index is 13.2. The number of carbonyl (C=O) groups excluding carboxylic acids is 1. The average molecular weight is 599 g/mol. The van der Waals surface area contributed by atoms with Crippen molar-refractivity contribution in [1.29, 1.82) is 0 Å². The van der Waals surface area contributed by atoms with Crippen LogP contribution in [0.25, 0.3) is 0 Å². The maximum absolute atomic E-state index is 13.2. The Balaban J connectivity index is 1.53. The standard InChI is InChI=1S/C24H24F6N2O5S2/c1-14(38(34,35)19-4-2-3-16(11-19)23(25,26)27)15-7-9-32(10-8-15)22(33)21-20(39(36,37)18-5-6-18)12-17(13-31-21)24(28,29)30/h2-4,11-15,18H,5-10H2,1H3/t14-/m0/s1. The molecule has 1 aromatic carbocycles. The fourth-order valence-electron chi connectivity index (χ4n) is 4.57. The lowest BCUT2D eigenvalue weighted by molar-refractivity contribution is -0.138. The molecule has 2 aromatic rings. The highest BCUT2D eigenvalue weighted by Crippen LogP contribution is 2.38. The first-order valence-electron chi connectivity index (χ1n) is 12.0. The topological polar surface area (TPSA) is 101 Å². The fraction of sp³-hybridized carbons (Fsp3) is 0.500. The van der Waals surface area contributed by atoms with Crippen LogP contribution in [0.5, 0.6) is 0 Å². The molecule has 15 heteroatoms. The molecule has 0 bridgehead atoms. The Hall–Kier alpha value is -2.68. The van der Waals surface area contributed by atoms with Crippen molar-refractivity contribution in [1.82, 2.24) is 9.88 Å². The second-order valence-electron chi connectivity index (χ2n) is 9.72. The number of hydrogen-bond donors (Lipinski definition) is 0. The molecule has 1 saturated heterocycles. The summed E-state index contributed by atoms with van der Waals surface area (Å²) in [5.41, 5.74) is -3.03. The van der Waals surface area contributed by atoms with Crippen molar-refractivity contribution >= 4 is 25.6 Å². The van der Waals surface area contributed by atoms with Crippen LogP contribution < -0.4 is 0 Å². The summed E-state index contributed by atoms with van der Waals surface area (Å²) in [4.78, 5) is 16.7. The lowest BCUT2D eigenvalue weighted by atomic mass is 9.94. The summed E-state index contributed by atoms with van der Waals surface area (Å²) in [6.45, 7) is 1.28. The van der Waals surface area contributed by atoms with Crippen molar-refractivity contribution in [2.75, 3.05) is 13.1 Å². The van der Waals surface area contributed by atoms with E-state index in [0.29, 0.717) is 18.3 Å². The molecule has 214 valence electrons. The highest BCUT2D eigenvalue weighted by Gasteiger charge is 2.43. The largest absolute Gasteiger partial charge is 0.417 e. The summed E-state index contributed by atoms with van der Waals surface area (Å²) < 4.78 is 131. The molecule has 1 aromatic heterocycles. The number of aromatic nitrogens is 1. The Morgan fingerprint density at radius 1 is 0.923 bits per heavy atom. The molecule has 1 aliphatic carbocycles. The molecular weight excluding hydrogens is 574 g/mol. The summed E-state index contributed by atoms with van der Waals surface area (Å²) >= 11 is 0. The third-order valence-electron chi connectivity index (χ3n) is 7.12. The van der Waals surface area contributed by atoms with Gasteiger partial charge in [-0.1, -0.05) is 6.07 Å². The summed E-state index contributed by atoms with van der Waals surface area (Å²) in [5.74, 6) is -1.43. The lowest BCUT2D eigenvalue weighted by Crippen LogP contribution is -2.43. The lowest BCUT2D eigenvalue weighted by Gasteiger charge is -2.34. The van der Waals surface area contributed by atoms with Crippen LogP contribution in [-0.4, -0.2) is 56.2 Å². The molecule has 2 fully saturated rings. The highest BCUT2D eigenvalue weighted by atomic mass is 32.2. The zero-order chi connectivity index (χ0) is 29.0. The summed E-state index contributed by atoms with van der Waals surface area (Å²) in [6, 6.07) is 3.85. The van der Waals surface area contributed by atoms with Crippen LogP contribution >= 0.6 is 0 Å². The van der Waals surface area contributed by atoms with Crippen LogP contribution in [0.4, 0.5) is 26.3 Å². The number of alkyl halides is 6. The quantitative estimate of drug-likeness (QED) is 0.444. The fourth-order valence-corrected chi connectivity index (χ4v) is 8.16. The second-order valence-corrected chi connectivity index (χ2v) is 14.2. The van der Waals surface area contributed by atoms with Crippen LogP contribution in [0.3, 0.4) is 0 Å². The number of halogens is 6. The van der Waals surface area contributed by atoms with Crippen LogP contribution in [0.15, 0.2) is 46.3 Å². The van der Waals surface area contributed by atoms with Gasteiger partial charge in [0.15, 0.2) is 19.7 Å². The van der Waals surface area contributed by atoms with E-state index in [0.717, 1.165) is 18.2 Å². The van der Waals surface area contributed by atoms with Gasteiger partial charge < -0.3 is 4.90 Å². The van der Waals surface area contributed by atoms with Gasteiger partial charge in [-0.3, -0.25) is 4.79 Å². The van der Waals surface area contributed by atoms with E-state index in [1.807, 2.05) is 0 Å². The molecule has 7 nitrogen and oxygen atoms in total. The van der Waals surface area contributed by atoms with Crippen LogP contribution in [-0.2, 0) is 32.0 Å². The smallest absolute Gasteiger partial charge is 0.337 e. The molecule has 0 N–H and O–H groups in total. The molecule has 1 aliphatic heterocycles. The number of pyridine rings is 1. The molecule has 0 unspecified atom stereocenters. The van der Waals surface area contributed by atoms with Gasteiger partial charge in [0.2, 0.25) is 0 Å².